The molecule has 1 aliphatic heterocycles. The first-order valence-corrected chi connectivity index (χ1v) is 12.3. The number of aliphatic imine (C=N–C) groups is 1. The average Bonchev–Trinajstić information content (AvgIpc) is 3.24. The second-order valence-electron chi connectivity index (χ2n) is 9.84. The first-order valence-electron chi connectivity index (χ1n) is 10.8. The Labute approximate surface area is 189 Å². The number of hydrogen-bond acceptors (Lipinski definition) is 3. The summed E-state index contributed by atoms with van der Waals surface area (Å²) in [5, 5.41) is 4.33. The summed E-state index contributed by atoms with van der Waals surface area (Å²) in [6.45, 7) is 11.7. The van der Waals surface area contributed by atoms with E-state index in [1.165, 1.54) is 35.1 Å². The van der Waals surface area contributed by atoms with Crippen LogP contribution in [0.25, 0.3) is 11.1 Å². The fourth-order valence-corrected chi connectivity index (χ4v) is 5.81. The topological polar surface area (TPSA) is 30.8 Å². The van der Waals surface area contributed by atoms with Crippen molar-refractivity contribution >= 4 is 21.4 Å². The van der Waals surface area contributed by atoms with Gasteiger partial charge in [-0.05, 0) is 75.8 Å². The van der Waals surface area contributed by atoms with Gasteiger partial charge < -0.3 is 9.47 Å². The molecule has 0 amide bonds. The van der Waals surface area contributed by atoms with E-state index >= 15 is 0 Å². The highest BCUT2D eigenvalue weighted by molar-refractivity contribution is 8.29. The van der Waals surface area contributed by atoms with Crippen molar-refractivity contribution in [2.75, 3.05) is 14.2 Å². The fourth-order valence-electron chi connectivity index (χ4n) is 4.70. The number of aryl methyl sites for hydroxylation is 1. The number of ether oxygens (including phenoxy) is 2. The quantitative estimate of drug-likeness (QED) is 0.486. The van der Waals surface area contributed by atoms with Gasteiger partial charge in [-0.1, -0.05) is 33.8 Å². The van der Waals surface area contributed by atoms with Crippen LogP contribution in [-0.4, -0.2) is 25.1 Å². The SMILES string of the molecule is COc1cc(OC)c(-c2cc3c(cc2C)C(C)(C)CCC3(C)C)cc1C=S1C=CN=C1. The molecule has 1 heterocycles. The minimum Gasteiger partial charge on any atom is -0.496 e. The molecule has 4 rings (SSSR count). The zero-order valence-electron chi connectivity index (χ0n) is 19.7. The van der Waals surface area contributed by atoms with Crippen molar-refractivity contribution in [3.63, 3.8) is 0 Å². The fraction of sp³-hybridized carbons (Fsp3) is 0.407. The molecule has 1 atom stereocenters. The number of fused-ring (bicyclic) bond motifs is 1. The Morgan fingerprint density at radius 1 is 0.871 bits per heavy atom. The molecule has 2 aromatic carbocycles. The third-order valence-corrected chi connectivity index (χ3v) is 8.12. The van der Waals surface area contributed by atoms with Crippen molar-refractivity contribution < 1.29 is 9.47 Å². The zero-order valence-corrected chi connectivity index (χ0v) is 20.5. The van der Waals surface area contributed by atoms with Crippen molar-refractivity contribution in [2.24, 2.45) is 4.99 Å². The number of hydrogen-bond donors (Lipinski definition) is 0. The molecule has 2 aliphatic rings. The van der Waals surface area contributed by atoms with E-state index in [2.05, 4.69) is 68.6 Å². The van der Waals surface area contributed by atoms with E-state index in [9.17, 15) is 0 Å². The largest absolute Gasteiger partial charge is 0.496 e. The lowest BCUT2D eigenvalue weighted by molar-refractivity contribution is 0.332. The normalized spacial score (nSPS) is 20.7. The predicted molar refractivity (Wildman–Crippen MR) is 135 cm³/mol. The Kier molecular flexibility index (Phi) is 5.63. The summed E-state index contributed by atoms with van der Waals surface area (Å²) in [5.74, 6) is 1.66. The van der Waals surface area contributed by atoms with Crippen LogP contribution in [0.15, 0.2) is 40.9 Å². The van der Waals surface area contributed by atoms with Crippen LogP contribution in [0.1, 0.15) is 62.8 Å². The van der Waals surface area contributed by atoms with Crippen LogP contribution in [-0.2, 0) is 10.8 Å². The van der Waals surface area contributed by atoms with Crippen molar-refractivity contribution in [3.05, 3.63) is 58.1 Å². The summed E-state index contributed by atoms with van der Waals surface area (Å²) >= 11 is 0. The van der Waals surface area contributed by atoms with Crippen molar-refractivity contribution in [1.29, 1.82) is 0 Å². The Balaban J connectivity index is 1.95. The summed E-state index contributed by atoms with van der Waals surface area (Å²) in [6, 6.07) is 9.04. The average molecular weight is 436 g/mol. The third kappa shape index (κ3) is 3.98. The third-order valence-electron chi connectivity index (χ3n) is 6.79. The van der Waals surface area contributed by atoms with E-state index in [4.69, 9.17) is 9.47 Å². The maximum atomic E-state index is 5.83. The smallest absolute Gasteiger partial charge is 0.130 e. The molecule has 2 aromatic rings. The predicted octanol–water partition coefficient (Wildman–Crippen LogP) is 6.96. The molecule has 4 heteroatoms. The van der Waals surface area contributed by atoms with Gasteiger partial charge in [0.1, 0.15) is 11.5 Å². The maximum Gasteiger partial charge on any atom is 0.130 e. The second-order valence-corrected chi connectivity index (χ2v) is 11.4. The van der Waals surface area contributed by atoms with Gasteiger partial charge in [0.15, 0.2) is 0 Å². The molecule has 164 valence electrons. The van der Waals surface area contributed by atoms with Gasteiger partial charge in [0.05, 0.1) is 19.8 Å². The molecular formula is C27H33NO2S. The molecular weight excluding hydrogens is 402 g/mol. The van der Waals surface area contributed by atoms with Crippen LogP contribution >= 0.6 is 10.5 Å². The molecule has 31 heavy (non-hydrogen) atoms. The number of nitrogens with zero attached hydrogens (tertiary/aromatic N) is 1. The summed E-state index contributed by atoms with van der Waals surface area (Å²) in [7, 11) is 3.33. The molecule has 0 spiro atoms. The first kappa shape index (κ1) is 21.9. The van der Waals surface area contributed by atoms with E-state index in [1.807, 2.05) is 17.8 Å². The van der Waals surface area contributed by atoms with E-state index < -0.39 is 0 Å². The van der Waals surface area contributed by atoms with E-state index in [0.29, 0.717) is 0 Å². The van der Waals surface area contributed by atoms with Gasteiger partial charge in [-0.2, -0.15) is 0 Å². The Morgan fingerprint density at radius 3 is 2.10 bits per heavy atom. The molecule has 1 aliphatic carbocycles. The summed E-state index contributed by atoms with van der Waals surface area (Å²) in [5.41, 5.74) is 9.97. The summed E-state index contributed by atoms with van der Waals surface area (Å²) < 4.78 is 11.5. The molecule has 0 saturated carbocycles. The van der Waals surface area contributed by atoms with Crippen LogP contribution in [0.4, 0.5) is 0 Å². The van der Waals surface area contributed by atoms with Crippen LogP contribution in [0.5, 0.6) is 11.5 Å². The van der Waals surface area contributed by atoms with Crippen LogP contribution in [0.3, 0.4) is 0 Å². The molecule has 0 radical (unpaired) electrons. The minimum atomic E-state index is -0.112. The molecule has 0 saturated heterocycles. The highest BCUT2D eigenvalue weighted by Crippen LogP contribution is 2.48. The first-order chi connectivity index (χ1) is 14.7. The Morgan fingerprint density at radius 2 is 1.52 bits per heavy atom. The molecule has 0 bridgehead atoms. The second kappa shape index (κ2) is 7.98. The molecule has 0 N–H and O–H groups in total. The van der Waals surface area contributed by atoms with Gasteiger partial charge in [0.25, 0.3) is 0 Å². The minimum absolute atomic E-state index is 0.112. The van der Waals surface area contributed by atoms with Gasteiger partial charge in [-0.25, -0.2) is 0 Å². The lowest BCUT2D eigenvalue weighted by atomic mass is 9.62. The van der Waals surface area contributed by atoms with Crippen molar-refractivity contribution in [3.8, 4) is 22.6 Å². The lowest BCUT2D eigenvalue weighted by Gasteiger charge is -2.42. The Hall–Kier alpha value is -2.33. The number of methoxy groups -OCH3 is 2. The van der Waals surface area contributed by atoms with Gasteiger partial charge in [0.2, 0.25) is 0 Å². The molecule has 3 nitrogen and oxygen atoms in total. The van der Waals surface area contributed by atoms with Crippen LogP contribution in [0.2, 0.25) is 0 Å². The van der Waals surface area contributed by atoms with Crippen LogP contribution < -0.4 is 9.47 Å². The maximum absolute atomic E-state index is 5.83. The molecule has 0 aromatic heterocycles. The summed E-state index contributed by atoms with van der Waals surface area (Å²) in [4.78, 5) is 4.23. The highest BCUT2D eigenvalue weighted by Gasteiger charge is 2.37. The van der Waals surface area contributed by atoms with E-state index in [-0.39, 0.29) is 21.3 Å². The summed E-state index contributed by atoms with van der Waals surface area (Å²) in [6.07, 6.45) is 4.27. The zero-order chi connectivity index (χ0) is 22.4. The van der Waals surface area contributed by atoms with Crippen LogP contribution in [0, 0.1) is 6.92 Å². The van der Waals surface area contributed by atoms with Crippen molar-refractivity contribution in [2.45, 2.75) is 58.3 Å². The molecule has 1 unspecified atom stereocenters. The number of benzene rings is 2. The lowest BCUT2D eigenvalue weighted by Crippen LogP contribution is -2.34. The monoisotopic (exact) mass is 435 g/mol. The van der Waals surface area contributed by atoms with Gasteiger partial charge >= 0.3 is 0 Å². The van der Waals surface area contributed by atoms with E-state index in [0.717, 1.165) is 22.6 Å². The van der Waals surface area contributed by atoms with Gasteiger partial charge in [-0.15, -0.1) is 10.5 Å². The Bertz CT molecular complexity index is 1110. The number of rotatable bonds is 4. The van der Waals surface area contributed by atoms with Gasteiger partial charge in [0, 0.05) is 23.4 Å². The van der Waals surface area contributed by atoms with E-state index in [1.54, 1.807) is 14.2 Å². The highest BCUT2D eigenvalue weighted by atomic mass is 32.2. The standard InChI is InChI=1S/C27H33NO2S/c1-18-12-22-23(27(4,5)9-8-26(22,2)3)14-20(18)21-13-19(16-31-11-10-28-17-31)24(29-6)15-25(21)30-7/h10-17H,8-9H2,1-7H3. The van der Waals surface area contributed by atoms with Crippen molar-refractivity contribution in [1.82, 2.24) is 0 Å². The molecule has 0 fully saturated rings. The van der Waals surface area contributed by atoms with Gasteiger partial charge in [-0.3, -0.25) is 4.99 Å².